The minimum Gasteiger partial charge on any atom is -0.545 e. The van der Waals surface area contributed by atoms with E-state index in [1.807, 2.05) is 51.3 Å². The summed E-state index contributed by atoms with van der Waals surface area (Å²) >= 11 is 0. The zero-order valence-corrected chi connectivity index (χ0v) is 24.1. The number of carbonyl (C=O) groups is 1. The molecule has 0 spiro atoms. The molecule has 5 rings (SSSR count). The summed E-state index contributed by atoms with van der Waals surface area (Å²) in [5, 5.41) is 13.2. The molecule has 0 atom stereocenters. The van der Waals surface area contributed by atoms with E-state index in [0.29, 0.717) is 28.1 Å². The number of pyridine rings is 1. The number of para-hydroxylation sites is 1. The van der Waals surface area contributed by atoms with Gasteiger partial charge in [0, 0.05) is 23.6 Å². The number of fused-ring (bicyclic) bond motifs is 2. The van der Waals surface area contributed by atoms with Crippen molar-refractivity contribution < 1.29 is 53.3 Å². The Kier molecular flexibility index (Phi) is 9.23. The molecule has 2 heterocycles. The molecule has 0 saturated heterocycles. The Bertz CT molecular complexity index is 1370. The summed E-state index contributed by atoms with van der Waals surface area (Å²) in [6.07, 6.45) is 6.61. The van der Waals surface area contributed by atoms with Gasteiger partial charge in [-0.25, -0.2) is 4.98 Å². The van der Waals surface area contributed by atoms with Crippen molar-refractivity contribution in [2.45, 2.75) is 58.5 Å². The van der Waals surface area contributed by atoms with Gasteiger partial charge >= 0.3 is 29.6 Å². The van der Waals surface area contributed by atoms with E-state index in [0.717, 1.165) is 22.1 Å². The summed E-state index contributed by atoms with van der Waals surface area (Å²) in [6, 6.07) is 12.7. The van der Waals surface area contributed by atoms with Crippen LogP contribution in [-0.4, -0.2) is 30.8 Å². The van der Waals surface area contributed by atoms with Crippen molar-refractivity contribution in [3.05, 3.63) is 59.2 Å². The summed E-state index contributed by atoms with van der Waals surface area (Å²) in [5.41, 5.74) is 3.77. The smallest absolute Gasteiger partial charge is 0.545 e. The van der Waals surface area contributed by atoms with Crippen molar-refractivity contribution in [1.82, 2.24) is 4.98 Å². The van der Waals surface area contributed by atoms with Crippen LogP contribution in [0.2, 0.25) is 0 Å². The molecule has 36 heavy (non-hydrogen) atoms. The molecule has 4 aromatic rings. The van der Waals surface area contributed by atoms with Gasteiger partial charge in [-0.2, -0.15) is 0 Å². The molecular weight excluding hydrogens is 465 g/mol. The first-order chi connectivity index (χ1) is 16.8. The molecule has 0 N–H and O–H groups in total. The molecule has 184 valence electrons. The second kappa shape index (κ2) is 11.8. The maximum absolute atomic E-state index is 11.8. The SMILES string of the molecule is COC1(C)CCCCC1.COc1ccc(C)c2nc(-c3oc4ccccc4c3C)cc(C(=O)[O-])c12.[Na+]. The van der Waals surface area contributed by atoms with Crippen molar-refractivity contribution in [2.24, 2.45) is 0 Å². The Morgan fingerprint density at radius 3 is 2.33 bits per heavy atom. The number of rotatable bonds is 4. The number of methoxy groups -OCH3 is 2. The van der Waals surface area contributed by atoms with Crippen molar-refractivity contribution in [1.29, 1.82) is 0 Å². The summed E-state index contributed by atoms with van der Waals surface area (Å²) in [5.74, 6) is -0.278. The zero-order chi connectivity index (χ0) is 25.2. The monoisotopic (exact) mass is 497 g/mol. The summed E-state index contributed by atoms with van der Waals surface area (Å²) in [7, 11) is 3.33. The third-order valence-electron chi connectivity index (χ3n) is 7.04. The van der Waals surface area contributed by atoms with E-state index < -0.39 is 5.97 Å². The van der Waals surface area contributed by atoms with Gasteiger partial charge in [0.1, 0.15) is 17.0 Å². The molecule has 0 unspecified atom stereocenters. The van der Waals surface area contributed by atoms with Gasteiger partial charge in [0.2, 0.25) is 0 Å². The third kappa shape index (κ3) is 5.62. The van der Waals surface area contributed by atoms with Gasteiger partial charge in [0.25, 0.3) is 0 Å². The summed E-state index contributed by atoms with van der Waals surface area (Å²) < 4.78 is 16.7. The maximum atomic E-state index is 11.8. The first-order valence-corrected chi connectivity index (χ1v) is 12.0. The number of carboxylic acid groups (broad SMARTS) is 1. The fourth-order valence-electron chi connectivity index (χ4n) is 4.81. The second-order valence-corrected chi connectivity index (χ2v) is 9.42. The largest absolute Gasteiger partial charge is 1.00 e. The van der Waals surface area contributed by atoms with Crippen LogP contribution >= 0.6 is 0 Å². The Morgan fingerprint density at radius 2 is 1.75 bits per heavy atom. The molecule has 1 saturated carbocycles. The van der Waals surface area contributed by atoms with Crippen LogP contribution in [-0.2, 0) is 4.74 Å². The molecule has 2 aromatic heterocycles. The number of aryl methyl sites for hydroxylation is 2. The number of ether oxygens (including phenoxy) is 2. The number of carbonyl (C=O) groups excluding carboxylic acids is 1. The van der Waals surface area contributed by atoms with Crippen molar-refractivity contribution in [2.75, 3.05) is 14.2 Å². The fourth-order valence-corrected chi connectivity index (χ4v) is 4.81. The van der Waals surface area contributed by atoms with Gasteiger partial charge in [-0.15, -0.1) is 0 Å². The molecule has 1 fully saturated rings. The van der Waals surface area contributed by atoms with Gasteiger partial charge in [-0.05, 0) is 57.4 Å². The topological polar surface area (TPSA) is 84.6 Å². The molecule has 0 amide bonds. The average Bonchev–Trinajstić information content (AvgIpc) is 3.21. The number of aromatic carboxylic acids is 1. The van der Waals surface area contributed by atoms with Crippen LogP contribution in [0.5, 0.6) is 5.75 Å². The average molecular weight is 498 g/mol. The van der Waals surface area contributed by atoms with Gasteiger partial charge in [-0.1, -0.05) is 43.5 Å². The van der Waals surface area contributed by atoms with Crippen LogP contribution in [0.1, 0.15) is 60.5 Å². The Balaban J connectivity index is 0.000000307. The minimum absolute atomic E-state index is 0. The van der Waals surface area contributed by atoms with E-state index >= 15 is 0 Å². The first kappa shape index (κ1) is 28.2. The van der Waals surface area contributed by atoms with E-state index in [9.17, 15) is 9.90 Å². The van der Waals surface area contributed by atoms with Crippen molar-refractivity contribution >= 4 is 27.8 Å². The van der Waals surface area contributed by atoms with Gasteiger partial charge in [0.15, 0.2) is 5.76 Å². The van der Waals surface area contributed by atoms with E-state index in [1.54, 1.807) is 6.07 Å². The Morgan fingerprint density at radius 1 is 1.06 bits per heavy atom. The van der Waals surface area contributed by atoms with E-state index in [1.165, 1.54) is 45.3 Å². The van der Waals surface area contributed by atoms with E-state index in [4.69, 9.17) is 13.9 Å². The molecule has 1 aliphatic carbocycles. The van der Waals surface area contributed by atoms with Crippen molar-refractivity contribution in [3.63, 3.8) is 0 Å². The molecule has 1 aliphatic rings. The summed E-state index contributed by atoms with van der Waals surface area (Å²) in [4.78, 5) is 16.5. The number of furan rings is 1. The van der Waals surface area contributed by atoms with Crippen LogP contribution in [0.25, 0.3) is 33.3 Å². The molecule has 6 nitrogen and oxygen atoms in total. The molecule has 0 radical (unpaired) electrons. The van der Waals surface area contributed by atoms with Crippen LogP contribution in [0.15, 0.2) is 46.9 Å². The fraction of sp³-hybridized carbons (Fsp3) is 0.379. The number of benzene rings is 2. The number of aromatic nitrogens is 1. The minimum atomic E-state index is -1.28. The van der Waals surface area contributed by atoms with Gasteiger partial charge in [0.05, 0.1) is 29.6 Å². The van der Waals surface area contributed by atoms with Gasteiger partial charge in [-0.3, -0.25) is 0 Å². The zero-order valence-electron chi connectivity index (χ0n) is 22.1. The standard InChI is InChI=1S/C21H17NO4.C8H16O.Na/c1-11-8-9-17(25-3)18-14(21(23)24)10-15(22-19(11)18)20-12(2)13-6-4-5-7-16(13)26-20;1-8(9-2)6-4-3-5-7-8;/h4-10H,1-3H3,(H,23,24);3-7H2,1-2H3;/q;;+1/p-1. The Hall–Kier alpha value is -2.38. The Labute approximate surface area is 234 Å². The maximum Gasteiger partial charge on any atom is 1.00 e. The molecular formula is C29H32NNaO5. The number of hydrogen-bond acceptors (Lipinski definition) is 6. The van der Waals surface area contributed by atoms with Crippen LogP contribution < -0.4 is 39.4 Å². The van der Waals surface area contributed by atoms with Crippen molar-refractivity contribution in [3.8, 4) is 17.2 Å². The normalized spacial score (nSPS) is 14.6. The molecule has 0 aliphatic heterocycles. The quantitative estimate of drug-likeness (QED) is 0.403. The second-order valence-electron chi connectivity index (χ2n) is 9.42. The molecule has 0 bridgehead atoms. The predicted octanol–water partition coefficient (Wildman–Crippen LogP) is 3.00. The van der Waals surface area contributed by atoms with Gasteiger partial charge < -0.3 is 23.8 Å². The number of hydrogen-bond donors (Lipinski definition) is 0. The third-order valence-corrected chi connectivity index (χ3v) is 7.04. The van der Waals surface area contributed by atoms with Crippen LogP contribution in [0.4, 0.5) is 0 Å². The molecule has 2 aromatic carbocycles. The van der Waals surface area contributed by atoms with E-state index in [2.05, 4.69) is 11.9 Å². The predicted molar refractivity (Wildman–Crippen MR) is 136 cm³/mol. The number of carboxylic acids is 1. The molecule has 7 heteroatoms. The van der Waals surface area contributed by atoms with E-state index in [-0.39, 0.29) is 40.7 Å². The number of nitrogens with zero attached hydrogens (tertiary/aromatic N) is 1. The summed E-state index contributed by atoms with van der Waals surface area (Å²) in [6.45, 7) is 6.03. The van der Waals surface area contributed by atoms with Crippen LogP contribution in [0, 0.1) is 13.8 Å². The first-order valence-electron chi connectivity index (χ1n) is 12.0. The van der Waals surface area contributed by atoms with Crippen LogP contribution in [0.3, 0.4) is 0 Å².